The zero-order valence-electron chi connectivity index (χ0n) is 21.2. The summed E-state index contributed by atoms with van der Waals surface area (Å²) in [4.78, 5) is 23.7. The summed E-state index contributed by atoms with van der Waals surface area (Å²) >= 11 is 0. The van der Waals surface area contributed by atoms with E-state index in [-0.39, 0.29) is 17.7 Å². The fourth-order valence-electron chi connectivity index (χ4n) is 4.68. The van der Waals surface area contributed by atoms with Gasteiger partial charge in [0.1, 0.15) is 5.75 Å². The lowest BCUT2D eigenvalue weighted by Crippen LogP contribution is -2.35. The van der Waals surface area contributed by atoms with E-state index in [4.69, 9.17) is 9.47 Å². The highest BCUT2D eigenvalue weighted by Gasteiger charge is 2.36. The monoisotopic (exact) mass is 489 g/mol. The lowest BCUT2D eigenvalue weighted by molar-refractivity contribution is -0.124. The molecule has 8 heteroatoms. The summed E-state index contributed by atoms with van der Waals surface area (Å²) in [6.45, 7) is 3.65. The Bertz CT molecular complexity index is 1120. The van der Waals surface area contributed by atoms with Crippen LogP contribution in [0.15, 0.2) is 60.9 Å². The summed E-state index contributed by atoms with van der Waals surface area (Å²) < 4.78 is 10.2. The quantitative estimate of drug-likeness (QED) is 0.428. The number of likely N-dealkylation sites (tertiary alicyclic amines) is 1. The molecular weight excluding hydrogens is 454 g/mol. The van der Waals surface area contributed by atoms with E-state index in [0.717, 1.165) is 37.4 Å². The molecule has 1 saturated heterocycles. The van der Waals surface area contributed by atoms with Crippen molar-refractivity contribution in [2.45, 2.75) is 25.4 Å². The van der Waals surface area contributed by atoms with Crippen molar-refractivity contribution in [2.75, 3.05) is 40.9 Å². The lowest BCUT2D eigenvalue weighted by atomic mass is 9.87. The van der Waals surface area contributed by atoms with Gasteiger partial charge in [-0.25, -0.2) is 9.97 Å². The lowest BCUT2D eigenvalue weighted by Gasteiger charge is -2.19. The van der Waals surface area contributed by atoms with Gasteiger partial charge < -0.3 is 25.0 Å². The number of amides is 1. The molecule has 2 unspecified atom stereocenters. The van der Waals surface area contributed by atoms with Crippen molar-refractivity contribution < 1.29 is 14.3 Å². The molecule has 0 aliphatic carbocycles. The molecule has 8 nitrogen and oxygen atoms in total. The van der Waals surface area contributed by atoms with Crippen molar-refractivity contribution in [1.29, 1.82) is 0 Å². The minimum Gasteiger partial charge on any atom is -0.497 e. The number of ether oxygens (including phenoxy) is 2. The van der Waals surface area contributed by atoms with Gasteiger partial charge in [0.2, 0.25) is 5.91 Å². The molecule has 2 N–H and O–H groups in total. The molecule has 2 aromatic carbocycles. The predicted molar refractivity (Wildman–Crippen MR) is 139 cm³/mol. The van der Waals surface area contributed by atoms with Crippen molar-refractivity contribution in [3.8, 4) is 11.8 Å². The van der Waals surface area contributed by atoms with E-state index in [1.54, 1.807) is 26.6 Å². The maximum Gasteiger partial charge on any atom is 0.316 e. The van der Waals surface area contributed by atoms with Gasteiger partial charge in [0.05, 0.1) is 20.1 Å². The van der Waals surface area contributed by atoms with E-state index in [0.29, 0.717) is 19.1 Å². The van der Waals surface area contributed by atoms with Gasteiger partial charge >= 0.3 is 6.01 Å². The van der Waals surface area contributed by atoms with Gasteiger partial charge in [0.15, 0.2) is 0 Å². The number of hydrogen-bond donors (Lipinski definition) is 2. The molecule has 1 amide bonds. The first-order chi connectivity index (χ1) is 17.6. The van der Waals surface area contributed by atoms with Crippen LogP contribution >= 0.6 is 0 Å². The molecule has 0 radical (unpaired) electrons. The van der Waals surface area contributed by atoms with Crippen LogP contribution in [0.1, 0.15) is 28.2 Å². The summed E-state index contributed by atoms with van der Waals surface area (Å²) in [6.07, 6.45) is 4.33. The van der Waals surface area contributed by atoms with Crippen molar-refractivity contribution in [3.05, 3.63) is 83.2 Å². The molecule has 1 aliphatic heterocycles. The maximum absolute atomic E-state index is 13.1. The average molecular weight is 490 g/mol. The number of nitrogens with one attached hydrogen (secondary N) is 2. The molecule has 2 heterocycles. The van der Waals surface area contributed by atoms with Gasteiger partial charge in [-0.1, -0.05) is 36.4 Å². The summed E-state index contributed by atoms with van der Waals surface area (Å²) in [5.74, 6) is 1.07. The Balaban J connectivity index is 1.31. The number of rotatable bonds is 11. The first-order valence-corrected chi connectivity index (χ1v) is 12.3. The first-order valence-electron chi connectivity index (χ1n) is 12.3. The normalized spacial score (nSPS) is 17.6. The van der Waals surface area contributed by atoms with E-state index < -0.39 is 0 Å². The molecule has 3 aromatic rings. The highest BCUT2D eigenvalue weighted by molar-refractivity contribution is 5.80. The van der Waals surface area contributed by atoms with Crippen LogP contribution in [0.25, 0.3) is 0 Å². The van der Waals surface area contributed by atoms with Crippen LogP contribution in [0, 0.1) is 5.92 Å². The molecule has 1 aliphatic rings. The Morgan fingerprint density at radius 2 is 1.72 bits per heavy atom. The molecule has 190 valence electrons. The number of aromatic nitrogens is 2. The minimum absolute atomic E-state index is 0.0643. The zero-order chi connectivity index (χ0) is 25.3. The van der Waals surface area contributed by atoms with Crippen LogP contribution in [0.2, 0.25) is 0 Å². The molecule has 0 spiro atoms. The molecule has 1 aromatic heterocycles. The van der Waals surface area contributed by atoms with Crippen molar-refractivity contribution in [3.63, 3.8) is 0 Å². The molecule has 0 saturated carbocycles. The highest BCUT2D eigenvalue weighted by atomic mass is 16.5. The third-order valence-electron chi connectivity index (χ3n) is 6.61. The Labute approximate surface area is 213 Å². The van der Waals surface area contributed by atoms with Crippen LogP contribution in [0.4, 0.5) is 0 Å². The van der Waals surface area contributed by atoms with Crippen LogP contribution in [-0.4, -0.2) is 61.7 Å². The van der Waals surface area contributed by atoms with Crippen molar-refractivity contribution in [2.24, 2.45) is 5.92 Å². The number of hydrogen-bond acceptors (Lipinski definition) is 7. The number of benzene rings is 2. The highest BCUT2D eigenvalue weighted by Crippen LogP contribution is 2.32. The van der Waals surface area contributed by atoms with E-state index in [1.165, 1.54) is 16.7 Å². The number of carbonyl (C=O) groups excluding carboxylic acids is 1. The topological polar surface area (TPSA) is 88.6 Å². The van der Waals surface area contributed by atoms with Gasteiger partial charge in [0.25, 0.3) is 0 Å². The van der Waals surface area contributed by atoms with Gasteiger partial charge in [-0.05, 0) is 42.3 Å². The minimum atomic E-state index is -0.0643. The number of nitrogens with zero attached hydrogens (tertiary/aromatic N) is 3. The summed E-state index contributed by atoms with van der Waals surface area (Å²) in [7, 11) is 5.30. The van der Waals surface area contributed by atoms with Gasteiger partial charge in [-0.15, -0.1) is 0 Å². The second-order valence-corrected chi connectivity index (χ2v) is 9.25. The second-order valence-electron chi connectivity index (χ2n) is 9.25. The largest absolute Gasteiger partial charge is 0.497 e. The molecular formula is C28H35N5O3. The zero-order valence-corrected chi connectivity index (χ0v) is 21.2. The van der Waals surface area contributed by atoms with Crippen LogP contribution in [-0.2, 0) is 24.3 Å². The Morgan fingerprint density at radius 3 is 2.44 bits per heavy atom. The summed E-state index contributed by atoms with van der Waals surface area (Å²) in [5.41, 5.74) is 4.57. The Kier molecular flexibility index (Phi) is 8.86. The number of carbonyl (C=O) groups is 1. The fourth-order valence-corrected chi connectivity index (χ4v) is 4.68. The Hall–Kier alpha value is -3.49. The standard InChI is InChI=1S/C28H35N5O3/c1-33-18-25(26(19-33)27(34)30-12-11-20-7-9-24(35-2)10-8-20)23-6-4-5-21(13-23)14-29-15-22-16-31-28(36-3)32-17-22/h4-10,13,16-17,25-26,29H,11-12,14-15,18-19H2,1-3H3,(H,30,34). The van der Waals surface area contributed by atoms with E-state index in [2.05, 4.69) is 56.8 Å². The third kappa shape index (κ3) is 6.80. The molecule has 2 atom stereocenters. The molecule has 36 heavy (non-hydrogen) atoms. The van der Waals surface area contributed by atoms with Crippen LogP contribution in [0.3, 0.4) is 0 Å². The average Bonchev–Trinajstić information content (AvgIpc) is 3.31. The van der Waals surface area contributed by atoms with E-state index >= 15 is 0 Å². The fraction of sp³-hybridized carbons (Fsp3) is 0.393. The Morgan fingerprint density at radius 1 is 0.972 bits per heavy atom. The van der Waals surface area contributed by atoms with Crippen LogP contribution < -0.4 is 20.1 Å². The third-order valence-corrected chi connectivity index (χ3v) is 6.61. The second kappa shape index (κ2) is 12.5. The van der Waals surface area contributed by atoms with Gasteiger partial charge in [-0.3, -0.25) is 4.79 Å². The summed E-state index contributed by atoms with van der Waals surface area (Å²) in [6, 6.07) is 16.9. The van der Waals surface area contributed by atoms with E-state index in [1.807, 2.05) is 24.3 Å². The van der Waals surface area contributed by atoms with Crippen molar-refractivity contribution >= 4 is 5.91 Å². The van der Waals surface area contributed by atoms with E-state index in [9.17, 15) is 4.79 Å². The molecule has 4 rings (SSSR count). The van der Waals surface area contributed by atoms with Crippen LogP contribution in [0.5, 0.6) is 11.8 Å². The van der Waals surface area contributed by atoms with Gasteiger partial charge in [-0.2, -0.15) is 0 Å². The maximum atomic E-state index is 13.1. The molecule has 1 fully saturated rings. The van der Waals surface area contributed by atoms with Gasteiger partial charge in [0, 0.05) is 56.6 Å². The number of methoxy groups -OCH3 is 2. The smallest absolute Gasteiger partial charge is 0.316 e. The SMILES string of the molecule is COc1ccc(CCNC(=O)C2CN(C)CC2c2cccc(CNCc3cnc(OC)nc3)c2)cc1. The predicted octanol–water partition coefficient (Wildman–Crippen LogP) is 2.79. The molecule has 0 bridgehead atoms. The summed E-state index contributed by atoms with van der Waals surface area (Å²) in [5, 5.41) is 6.62. The number of likely N-dealkylation sites (N-methyl/N-ethyl adjacent to an activating group) is 1. The van der Waals surface area contributed by atoms with Crippen molar-refractivity contribution in [1.82, 2.24) is 25.5 Å². The first kappa shape index (κ1) is 25.6.